The van der Waals surface area contributed by atoms with Crippen LogP contribution in [0.25, 0.3) is 5.76 Å². The Balaban J connectivity index is 2.13. The van der Waals surface area contributed by atoms with Gasteiger partial charge >= 0.3 is 0 Å². The van der Waals surface area contributed by atoms with Crippen LogP contribution in [0.5, 0.6) is 5.75 Å². The number of carbonyl (C=O) groups excluding carboxylic acids is 2. The first kappa shape index (κ1) is 22.6. The number of Topliss-reactive ketones (excluding diaryl/α,β-unsaturated/α-hetero) is 1. The van der Waals surface area contributed by atoms with Gasteiger partial charge in [0.15, 0.2) is 0 Å². The van der Waals surface area contributed by atoms with Gasteiger partial charge in [-0.25, -0.2) is 0 Å². The minimum absolute atomic E-state index is 0.111. The molecule has 0 radical (unpaired) electrons. The number of hydrogen-bond donors (Lipinski definition) is 1. The summed E-state index contributed by atoms with van der Waals surface area (Å²) in [6.45, 7) is 4.73. The first-order valence-corrected chi connectivity index (χ1v) is 10.4. The van der Waals surface area contributed by atoms with Crippen LogP contribution in [-0.2, 0) is 20.7 Å². The monoisotopic (exact) mass is 423 g/mol. The number of amides is 1. The number of hydrogen-bond acceptors (Lipinski definition) is 5. The Labute approximate surface area is 183 Å². The molecule has 3 rings (SSSR count). The van der Waals surface area contributed by atoms with Gasteiger partial charge in [-0.1, -0.05) is 31.2 Å². The van der Waals surface area contributed by atoms with Gasteiger partial charge < -0.3 is 19.5 Å². The maximum absolute atomic E-state index is 13.0. The standard InChI is InChI=1S/C25H29NO5/c1-5-17-7-9-18(10-8-17)22-21(24(28)25(29)26(22)13-6-14-30-3)23(27)20-12-11-19(31-4)15-16(20)2/h7-12,15,22,27H,5-6,13-14H2,1-4H3/t22-/m1/s1. The zero-order valence-corrected chi connectivity index (χ0v) is 18.5. The molecule has 0 bridgehead atoms. The molecule has 6 heteroatoms. The van der Waals surface area contributed by atoms with Crippen LogP contribution in [-0.4, -0.2) is 49.1 Å². The number of aliphatic hydroxyl groups is 1. The molecule has 1 aliphatic rings. The van der Waals surface area contributed by atoms with E-state index in [0.717, 1.165) is 23.1 Å². The topological polar surface area (TPSA) is 76.1 Å². The summed E-state index contributed by atoms with van der Waals surface area (Å²) in [6.07, 6.45) is 1.48. The third-order valence-corrected chi connectivity index (χ3v) is 5.68. The SMILES string of the molecule is CCc1ccc([C@@H]2C(=C(O)c3ccc(OC)cc3C)C(=O)C(=O)N2CCCOC)cc1. The van der Waals surface area contributed by atoms with Crippen LogP contribution in [0, 0.1) is 6.92 Å². The van der Waals surface area contributed by atoms with Crippen LogP contribution in [0.2, 0.25) is 0 Å². The van der Waals surface area contributed by atoms with Gasteiger partial charge in [-0.2, -0.15) is 0 Å². The smallest absolute Gasteiger partial charge is 0.295 e. The molecule has 1 aliphatic heterocycles. The van der Waals surface area contributed by atoms with Crippen molar-refractivity contribution < 1.29 is 24.2 Å². The van der Waals surface area contributed by atoms with Crippen LogP contribution in [0.15, 0.2) is 48.0 Å². The Morgan fingerprint density at radius 1 is 1.10 bits per heavy atom. The number of ketones is 1. The number of methoxy groups -OCH3 is 2. The number of aliphatic hydroxyl groups excluding tert-OH is 1. The van der Waals surface area contributed by atoms with Gasteiger partial charge in [0.25, 0.3) is 11.7 Å². The van der Waals surface area contributed by atoms with Gasteiger partial charge in [-0.15, -0.1) is 0 Å². The van der Waals surface area contributed by atoms with Crippen LogP contribution in [0.1, 0.15) is 41.6 Å². The van der Waals surface area contributed by atoms with Gasteiger partial charge in [-0.05, 0) is 54.7 Å². The Morgan fingerprint density at radius 2 is 1.81 bits per heavy atom. The molecule has 6 nitrogen and oxygen atoms in total. The lowest BCUT2D eigenvalue weighted by molar-refractivity contribution is -0.140. The molecule has 31 heavy (non-hydrogen) atoms. The summed E-state index contributed by atoms with van der Waals surface area (Å²) in [5.41, 5.74) is 3.32. The van der Waals surface area contributed by atoms with Crippen LogP contribution >= 0.6 is 0 Å². The second-order valence-electron chi connectivity index (χ2n) is 7.61. The van der Waals surface area contributed by atoms with E-state index in [9.17, 15) is 14.7 Å². The zero-order valence-electron chi connectivity index (χ0n) is 18.5. The predicted octanol–water partition coefficient (Wildman–Crippen LogP) is 4.02. The quantitative estimate of drug-likeness (QED) is 0.300. The van der Waals surface area contributed by atoms with E-state index >= 15 is 0 Å². The molecule has 1 atom stereocenters. The summed E-state index contributed by atoms with van der Waals surface area (Å²) in [7, 11) is 3.17. The molecule has 0 saturated carbocycles. The van der Waals surface area contributed by atoms with Crippen molar-refractivity contribution in [1.29, 1.82) is 0 Å². The van der Waals surface area contributed by atoms with Gasteiger partial charge in [0, 0.05) is 25.8 Å². The number of nitrogens with zero attached hydrogens (tertiary/aromatic N) is 1. The highest BCUT2D eigenvalue weighted by Crippen LogP contribution is 2.40. The molecule has 2 aromatic rings. The van der Waals surface area contributed by atoms with E-state index in [4.69, 9.17) is 9.47 Å². The van der Waals surface area contributed by atoms with Crippen molar-refractivity contribution in [1.82, 2.24) is 4.90 Å². The lowest BCUT2D eigenvalue weighted by Crippen LogP contribution is -2.31. The Kier molecular flexibility index (Phi) is 7.13. The molecular weight excluding hydrogens is 394 g/mol. The van der Waals surface area contributed by atoms with Gasteiger partial charge in [-0.3, -0.25) is 9.59 Å². The fraction of sp³-hybridized carbons (Fsp3) is 0.360. The summed E-state index contributed by atoms with van der Waals surface area (Å²) in [6, 6.07) is 12.4. The molecule has 164 valence electrons. The first-order valence-electron chi connectivity index (χ1n) is 10.4. The highest BCUT2D eigenvalue weighted by molar-refractivity contribution is 6.46. The maximum Gasteiger partial charge on any atom is 0.295 e. The first-order chi connectivity index (χ1) is 14.9. The number of ether oxygens (including phenoxy) is 2. The lowest BCUT2D eigenvalue weighted by atomic mass is 9.93. The number of benzene rings is 2. The number of carbonyl (C=O) groups is 2. The average molecular weight is 424 g/mol. The third kappa shape index (κ3) is 4.49. The van der Waals surface area contributed by atoms with Crippen LogP contribution in [0.4, 0.5) is 0 Å². The van der Waals surface area contributed by atoms with Crippen molar-refractivity contribution in [2.45, 2.75) is 32.7 Å². The Morgan fingerprint density at radius 3 is 2.39 bits per heavy atom. The lowest BCUT2D eigenvalue weighted by Gasteiger charge is -2.25. The Bertz CT molecular complexity index is 993. The molecule has 2 aromatic carbocycles. The fourth-order valence-electron chi connectivity index (χ4n) is 3.95. The molecule has 0 aromatic heterocycles. The van der Waals surface area contributed by atoms with Crippen molar-refractivity contribution in [3.63, 3.8) is 0 Å². The molecule has 1 fully saturated rings. The molecule has 1 heterocycles. The molecular formula is C25H29NO5. The van der Waals surface area contributed by atoms with Crippen molar-refractivity contribution in [2.24, 2.45) is 0 Å². The van der Waals surface area contributed by atoms with E-state index in [1.54, 1.807) is 32.4 Å². The van der Waals surface area contributed by atoms with E-state index < -0.39 is 17.7 Å². The molecule has 0 aliphatic carbocycles. The predicted molar refractivity (Wildman–Crippen MR) is 119 cm³/mol. The van der Waals surface area contributed by atoms with Gasteiger partial charge in [0.2, 0.25) is 0 Å². The van der Waals surface area contributed by atoms with E-state index in [1.165, 1.54) is 4.90 Å². The fourth-order valence-corrected chi connectivity index (χ4v) is 3.95. The van der Waals surface area contributed by atoms with Gasteiger partial charge in [0.05, 0.1) is 18.7 Å². The maximum atomic E-state index is 13.0. The van der Waals surface area contributed by atoms with Crippen LogP contribution < -0.4 is 4.74 Å². The molecule has 1 saturated heterocycles. The molecule has 1 N–H and O–H groups in total. The van der Waals surface area contributed by atoms with Crippen molar-refractivity contribution in [3.8, 4) is 5.75 Å². The van der Waals surface area contributed by atoms with Crippen molar-refractivity contribution in [3.05, 3.63) is 70.3 Å². The number of rotatable bonds is 8. The molecule has 0 unspecified atom stereocenters. The summed E-state index contributed by atoms with van der Waals surface area (Å²) in [4.78, 5) is 27.5. The average Bonchev–Trinajstić information content (AvgIpc) is 3.03. The summed E-state index contributed by atoms with van der Waals surface area (Å²) >= 11 is 0. The second-order valence-corrected chi connectivity index (χ2v) is 7.61. The summed E-state index contributed by atoms with van der Waals surface area (Å²) < 4.78 is 10.4. The van der Waals surface area contributed by atoms with Crippen molar-refractivity contribution in [2.75, 3.05) is 27.4 Å². The van der Waals surface area contributed by atoms with Crippen molar-refractivity contribution >= 4 is 17.4 Å². The minimum Gasteiger partial charge on any atom is -0.507 e. The van der Waals surface area contributed by atoms with E-state index in [0.29, 0.717) is 30.9 Å². The number of likely N-dealkylation sites (tertiary alicyclic amines) is 1. The minimum atomic E-state index is -0.672. The van der Waals surface area contributed by atoms with Crippen LogP contribution in [0.3, 0.4) is 0 Å². The Hall–Kier alpha value is -3.12. The third-order valence-electron chi connectivity index (χ3n) is 5.68. The van der Waals surface area contributed by atoms with E-state index in [2.05, 4.69) is 6.92 Å². The molecule has 1 amide bonds. The van der Waals surface area contributed by atoms with E-state index in [1.807, 2.05) is 31.2 Å². The number of aryl methyl sites for hydroxylation is 2. The largest absolute Gasteiger partial charge is 0.507 e. The second kappa shape index (κ2) is 9.79. The normalized spacial score (nSPS) is 17.9. The zero-order chi connectivity index (χ0) is 22.5. The summed E-state index contributed by atoms with van der Waals surface area (Å²) in [5.74, 6) is -0.791. The van der Waals surface area contributed by atoms with Gasteiger partial charge in [0.1, 0.15) is 11.5 Å². The van der Waals surface area contributed by atoms with E-state index in [-0.39, 0.29) is 11.3 Å². The molecule has 0 spiro atoms. The highest BCUT2D eigenvalue weighted by Gasteiger charge is 2.45. The summed E-state index contributed by atoms with van der Waals surface area (Å²) in [5, 5.41) is 11.2. The highest BCUT2D eigenvalue weighted by atomic mass is 16.5.